The van der Waals surface area contributed by atoms with Crippen molar-refractivity contribution in [2.24, 2.45) is 5.92 Å². The number of hydrogen-bond donors (Lipinski definition) is 1. The van der Waals surface area contributed by atoms with Gasteiger partial charge in [0.05, 0.1) is 12.1 Å². The number of likely N-dealkylation sites (tertiary alicyclic amines) is 2. The highest BCUT2D eigenvalue weighted by Crippen LogP contribution is 2.24. The molecule has 2 aliphatic rings. The minimum atomic E-state index is -0.0483. The van der Waals surface area contributed by atoms with Crippen LogP contribution in [0.4, 0.5) is 0 Å². The van der Waals surface area contributed by atoms with E-state index in [1.165, 1.54) is 6.20 Å². The maximum absolute atomic E-state index is 12.7. The van der Waals surface area contributed by atoms with E-state index in [4.69, 9.17) is 0 Å². The number of carbonyl (C=O) groups is 2. The molecule has 0 radical (unpaired) electrons. The molecule has 4 heterocycles. The number of nitrogens with zero attached hydrogens (tertiary/aromatic N) is 5. The van der Waals surface area contributed by atoms with E-state index in [1.54, 1.807) is 24.8 Å². The average molecular weight is 409 g/mol. The van der Waals surface area contributed by atoms with Gasteiger partial charge in [-0.2, -0.15) is 0 Å². The molecule has 158 valence electrons. The van der Waals surface area contributed by atoms with Crippen molar-refractivity contribution in [1.82, 2.24) is 30.1 Å². The van der Waals surface area contributed by atoms with Crippen LogP contribution in [0.15, 0.2) is 43.1 Å². The van der Waals surface area contributed by atoms with Crippen LogP contribution in [-0.4, -0.2) is 68.8 Å². The Labute approximate surface area is 176 Å². The standard InChI is InChI=1S/C22H28N6O2/c29-21(26-14-17-3-1-7-23-13-17)18-4-2-10-28(16-18)19-5-11-27(12-6-19)22(30)20-15-24-8-9-25-20/h1,3,7-9,13,15,18-19H,2,4-6,10-12,14,16H2,(H,26,29)/t18-/m0/s1. The van der Waals surface area contributed by atoms with Crippen LogP contribution in [0.1, 0.15) is 41.7 Å². The van der Waals surface area contributed by atoms with Crippen LogP contribution in [0, 0.1) is 5.92 Å². The van der Waals surface area contributed by atoms with Crippen molar-refractivity contribution in [3.63, 3.8) is 0 Å². The van der Waals surface area contributed by atoms with Crippen LogP contribution in [0.25, 0.3) is 0 Å². The van der Waals surface area contributed by atoms with E-state index in [1.807, 2.05) is 17.0 Å². The highest BCUT2D eigenvalue weighted by molar-refractivity contribution is 5.92. The Morgan fingerprint density at radius 1 is 1.03 bits per heavy atom. The number of amides is 2. The topological polar surface area (TPSA) is 91.3 Å². The van der Waals surface area contributed by atoms with Gasteiger partial charge in [-0.25, -0.2) is 4.98 Å². The molecule has 30 heavy (non-hydrogen) atoms. The molecule has 0 aliphatic carbocycles. The maximum atomic E-state index is 12.7. The Kier molecular flexibility index (Phi) is 6.63. The van der Waals surface area contributed by atoms with E-state index >= 15 is 0 Å². The predicted molar refractivity (Wildman–Crippen MR) is 111 cm³/mol. The second-order valence-electron chi connectivity index (χ2n) is 8.03. The van der Waals surface area contributed by atoms with Gasteiger partial charge in [-0.15, -0.1) is 0 Å². The van der Waals surface area contributed by atoms with Gasteiger partial charge in [-0.3, -0.25) is 24.5 Å². The lowest BCUT2D eigenvalue weighted by Crippen LogP contribution is -2.51. The summed E-state index contributed by atoms with van der Waals surface area (Å²) in [7, 11) is 0. The van der Waals surface area contributed by atoms with Crippen LogP contribution < -0.4 is 5.32 Å². The smallest absolute Gasteiger partial charge is 0.274 e. The molecule has 0 bridgehead atoms. The van der Waals surface area contributed by atoms with E-state index < -0.39 is 0 Å². The first-order valence-electron chi connectivity index (χ1n) is 10.7. The summed E-state index contributed by atoms with van der Waals surface area (Å²) in [6.07, 6.45) is 12.0. The van der Waals surface area contributed by atoms with Crippen LogP contribution in [0.2, 0.25) is 0 Å². The number of pyridine rings is 1. The van der Waals surface area contributed by atoms with E-state index in [9.17, 15) is 9.59 Å². The number of hydrogen-bond acceptors (Lipinski definition) is 6. The summed E-state index contributed by atoms with van der Waals surface area (Å²) in [4.78, 5) is 41.7. The lowest BCUT2D eigenvalue weighted by molar-refractivity contribution is -0.127. The minimum absolute atomic E-state index is 0.0228. The van der Waals surface area contributed by atoms with Crippen molar-refractivity contribution >= 4 is 11.8 Å². The molecule has 1 atom stereocenters. The zero-order valence-corrected chi connectivity index (χ0v) is 17.1. The quantitative estimate of drug-likeness (QED) is 0.806. The Hall–Kier alpha value is -2.87. The fourth-order valence-electron chi connectivity index (χ4n) is 4.39. The lowest BCUT2D eigenvalue weighted by Gasteiger charge is -2.42. The molecule has 4 rings (SSSR count). The Morgan fingerprint density at radius 2 is 1.87 bits per heavy atom. The molecule has 1 N–H and O–H groups in total. The summed E-state index contributed by atoms with van der Waals surface area (Å²) in [6.45, 7) is 3.77. The monoisotopic (exact) mass is 408 g/mol. The fraction of sp³-hybridized carbons (Fsp3) is 0.500. The van der Waals surface area contributed by atoms with E-state index in [0.717, 1.165) is 44.3 Å². The Bertz CT molecular complexity index is 839. The Balaban J connectivity index is 1.26. The highest BCUT2D eigenvalue weighted by atomic mass is 16.2. The second-order valence-corrected chi connectivity index (χ2v) is 8.03. The zero-order chi connectivity index (χ0) is 20.8. The van der Waals surface area contributed by atoms with Gasteiger partial charge in [0.15, 0.2) is 0 Å². The number of rotatable bonds is 5. The van der Waals surface area contributed by atoms with Crippen molar-refractivity contribution in [2.45, 2.75) is 38.3 Å². The van der Waals surface area contributed by atoms with Crippen LogP contribution in [0.5, 0.6) is 0 Å². The van der Waals surface area contributed by atoms with Crippen molar-refractivity contribution in [3.8, 4) is 0 Å². The summed E-state index contributed by atoms with van der Waals surface area (Å²) in [5.74, 6) is 0.0985. The third kappa shape index (κ3) is 4.99. The second kappa shape index (κ2) is 9.75. The molecular weight excluding hydrogens is 380 g/mol. The van der Waals surface area contributed by atoms with E-state index in [-0.39, 0.29) is 17.7 Å². The van der Waals surface area contributed by atoms with E-state index in [0.29, 0.717) is 31.4 Å². The molecule has 2 aromatic heterocycles. The average Bonchev–Trinajstić information content (AvgIpc) is 2.83. The van der Waals surface area contributed by atoms with Crippen LogP contribution in [-0.2, 0) is 11.3 Å². The van der Waals surface area contributed by atoms with Crippen molar-refractivity contribution in [3.05, 3.63) is 54.4 Å². The fourth-order valence-corrected chi connectivity index (χ4v) is 4.39. The van der Waals surface area contributed by atoms with Crippen LogP contribution >= 0.6 is 0 Å². The molecule has 8 nitrogen and oxygen atoms in total. The number of carbonyl (C=O) groups excluding carboxylic acids is 2. The van der Waals surface area contributed by atoms with Gasteiger partial charge in [0, 0.05) is 57.0 Å². The van der Waals surface area contributed by atoms with Gasteiger partial charge in [0.2, 0.25) is 5.91 Å². The molecule has 0 spiro atoms. The first kappa shape index (κ1) is 20.4. The molecule has 2 aromatic rings. The first-order valence-corrected chi connectivity index (χ1v) is 10.7. The zero-order valence-electron chi connectivity index (χ0n) is 17.1. The van der Waals surface area contributed by atoms with Gasteiger partial charge in [-0.1, -0.05) is 6.07 Å². The number of piperidine rings is 2. The van der Waals surface area contributed by atoms with Gasteiger partial charge in [0.25, 0.3) is 5.91 Å². The number of nitrogens with one attached hydrogen (secondary N) is 1. The highest BCUT2D eigenvalue weighted by Gasteiger charge is 2.32. The first-order chi connectivity index (χ1) is 14.7. The summed E-state index contributed by atoms with van der Waals surface area (Å²) < 4.78 is 0. The Morgan fingerprint density at radius 3 is 2.60 bits per heavy atom. The van der Waals surface area contributed by atoms with Gasteiger partial charge >= 0.3 is 0 Å². The molecule has 2 aliphatic heterocycles. The third-order valence-corrected chi connectivity index (χ3v) is 6.06. The summed E-state index contributed by atoms with van der Waals surface area (Å²) in [6, 6.07) is 4.27. The predicted octanol–water partition coefficient (Wildman–Crippen LogP) is 1.50. The molecule has 2 amide bonds. The SMILES string of the molecule is O=C(NCc1cccnc1)[C@H]1CCCN(C2CCN(C(=O)c3cnccn3)CC2)C1. The molecule has 2 saturated heterocycles. The van der Waals surface area contributed by atoms with Crippen molar-refractivity contribution in [1.29, 1.82) is 0 Å². The maximum Gasteiger partial charge on any atom is 0.274 e. The molecule has 8 heteroatoms. The molecule has 0 aromatic carbocycles. The van der Waals surface area contributed by atoms with Gasteiger partial charge < -0.3 is 10.2 Å². The normalized spacial score (nSPS) is 20.7. The largest absolute Gasteiger partial charge is 0.352 e. The molecule has 0 saturated carbocycles. The van der Waals surface area contributed by atoms with Gasteiger partial charge in [0.1, 0.15) is 5.69 Å². The lowest BCUT2D eigenvalue weighted by atomic mass is 9.93. The summed E-state index contributed by atoms with van der Waals surface area (Å²) in [5.41, 5.74) is 1.41. The molecule has 0 unspecified atom stereocenters. The van der Waals surface area contributed by atoms with Crippen molar-refractivity contribution in [2.75, 3.05) is 26.2 Å². The van der Waals surface area contributed by atoms with Crippen molar-refractivity contribution < 1.29 is 9.59 Å². The minimum Gasteiger partial charge on any atom is -0.352 e. The van der Waals surface area contributed by atoms with Gasteiger partial charge in [-0.05, 0) is 43.9 Å². The summed E-state index contributed by atoms with van der Waals surface area (Å²) in [5, 5.41) is 3.06. The summed E-state index contributed by atoms with van der Waals surface area (Å²) >= 11 is 0. The van der Waals surface area contributed by atoms with E-state index in [2.05, 4.69) is 25.2 Å². The molecular formula is C22H28N6O2. The third-order valence-electron chi connectivity index (χ3n) is 6.06. The molecule has 2 fully saturated rings. The van der Waals surface area contributed by atoms with Crippen LogP contribution in [0.3, 0.4) is 0 Å². The number of aromatic nitrogens is 3.